The summed E-state index contributed by atoms with van der Waals surface area (Å²) in [5, 5.41) is 5.58. The molecule has 1 saturated heterocycles. The van der Waals surface area contributed by atoms with E-state index in [4.69, 9.17) is 28.0 Å². The van der Waals surface area contributed by atoms with Crippen molar-refractivity contribution in [3.05, 3.63) is 63.8 Å². The zero-order valence-electron chi connectivity index (χ0n) is 19.4. The van der Waals surface area contributed by atoms with E-state index < -0.39 is 24.2 Å². The summed E-state index contributed by atoms with van der Waals surface area (Å²) < 4.78 is 39.1. The predicted octanol–water partition coefficient (Wildman–Crippen LogP) is 5.33. The van der Waals surface area contributed by atoms with E-state index in [-0.39, 0.29) is 22.2 Å². The lowest BCUT2D eigenvalue weighted by molar-refractivity contribution is -0.203. The number of aromatic amines is 1. The molecule has 3 aromatic rings. The van der Waals surface area contributed by atoms with Crippen molar-refractivity contribution < 1.29 is 27.6 Å². The summed E-state index contributed by atoms with van der Waals surface area (Å²) in [6.45, 7) is 2.14. The van der Waals surface area contributed by atoms with Crippen molar-refractivity contribution >= 4 is 51.7 Å². The lowest BCUT2D eigenvalue weighted by Crippen LogP contribution is -2.59. The van der Waals surface area contributed by atoms with Gasteiger partial charge in [0.25, 0.3) is 5.91 Å². The van der Waals surface area contributed by atoms with Crippen molar-refractivity contribution in [1.82, 2.24) is 15.2 Å². The Morgan fingerprint density at radius 1 is 1.08 bits per heavy atom. The number of fused-ring (bicyclic) bond motifs is 2. The highest BCUT2D eigenvalue weighted by molar-refractivity contribution is 6.31. The van der Waals surface area contributed by atoms with E-state index in [1.165, 1.54) is 18.2 Å². The van der Waals surface area contributed by atoms with Gasteiger partial charge in [0.15, 0.2) is 0 Å². The highest BCUT2D eigenvalue weighted by Crippen LogP contribution is 2.35. The van der Waals surface area contributed by atoms with Gasteiger partial charge in [-0.2, -0.15) is 18.2 Å². The highest BCUT2D eigenvalue weighted by Gasteiger charge is 2.46. The Morgan fingerprint density at radius 3 is 2.51 bits per heavy atom. The van der Waals surface area contributed by atoms with Gasteiger partial charge in [0.2, 0.25) is 0 Å². The maximum Gasteiger partial charge on any atom is 0.493 e. The lowest BCUT2D eigenvalue weighted by Gasteiger charge is -2.43. The van der Waals surface area contributed by atoms with Gasteiger partial charge in [0, 0.05) is 39.6 Å². The van der Waals surface area contributed by atoms with Crippen LogP contribution in [-0.4, -0.2) is 53.7 Å². The fourth-order valence-electron chi connectivity index (χ4n) is 4.99. The fourth-order valence-corrected chi connectivity index (χ4v) is 5.33. The minimum atomic E-state index is -5.19. The molecule has 2 N–H and O–H groups in total. The normalized spacial score (nSPS) is 19.1. The zero-order chi connectivity index (χ0) is 26.3. The number of H-pyrrole nitrogens is 1. The number of carbonyl (C=O) groups excluding carboxylic acids is 2. The summed E-state index contributed by atoms with van der Waals surface area (Å²) in [5.41, 5.74) is 2.27. The molecule has 196 valence electrons. The average molecular weight is 555 g/mol. The topological polar surface area (TPSA) is 77.7 Å². The van der Waals surface area contributed by atoms with Gasteiger partial charge in [0.05, 0.1) is 11.3 Å². The van der Waals surface area contributed by atoms with Gasteiger partial charge in [0.1, 0.15) is 6.17 Å². The standard InChI is InChI=1S/C25H23Cl2F3N4O3/c26-16-1-3-20-18(11-16)15(13-31-20)7-10-33-8-5-14(6-9-33)22-32-23(35)19-12-17(27)2-4-21(19)34(22)37-24(36)25(28,29)30/h1-4,11-14,22,31H,5-10H2,(H,32,35). The van der Waals surface area contributed by atoms with E-state index in [0.29, 0.717) is 31.0 Å². The van der Waals surface area contributed by atoms with Crippen molar-refractivity contribution in [2.75, 3.05) is 24.7 Å². The first-order chi connectivity index (χ1) is 17.6. The molecular formula is C25H23Cl2F3N4O3. The van der Waals surface area contributed by atoms with Crippen LogP contribution in [0.25, 0.3) is 10.9 Å². The summed E-state index contributed by atoms with van der Waals surface area (Å²) in [7, 11) is 0. The Bertz CT molecular complexity index is 1340. The van der Waals surface area contributed by atoms with E-state index in [1.807, 2.05) is 24.4 Å². The Kier molecular flexibility index (Phi) is 6.99. The molecule has 37 heavy (non-hydrogen) atoms. The van der Waals surface area contributed by atoms with Crippen molar-refractivity contribution in [3.8, 4) is 0 Å². The number of halogens is 5. The molecule has 2 aliphatic rings. The van der Waals surface area contributed by atoms with Gasteiger partial charge >= 0.3 is 12.1 Å². The number of alkyl halides is 3. The molecule has 0 radical (unpaired) electrons. The SMILES string of the molecule is O=C1NC(C2CCN(CCc3c[nH]c4ccc(Cl)cc34)CC2)N(OC(=O)C(F)(F)F)c2ccc(Cl)cc21. The molecular weight excluding hydrogens is 532 g/mol. The number of hydrogen-bond acceptors (Lipinski definition) is 5. The van der Waals surface area contributed by atoms with Crippen LogP contribution in [0.4, 0.5) is 18.9 Å². The number of amides is 1. The quantitative estimate of drug-likeness (QED) is 0.446. The second-order valence-electron chi connectivity index (χ2n) is 9.21. The van der Waals surface area contributed by atoms with E-state index in [0.717, 1.165) is 34.5 Å². The predicted molar refractivity (Wildman–Crippen MR) is 134 cm³/mol. The first kappa shape index (κ1) is 25.7. The van der Waals surface area contributed by atoms with Crippen LogP contribution in [0.1, 0.15) is 28.8 Å². The molecule has 1 atom stereocenters. The van der Waals surface area contributed by atoms with Gasteiger partial charge in [-0.1, -0.05) is 23.2 Å². The average Bonchev–Trinajstić information content (AvgIpc) is 3.26. The number of rotatable bonds is 5. The molecule has 1 amide bonds. The van der Waals surface area contributed by atoms with E-state index in [1.54, 1.807) is 0 Å². The first-order valence-electron chi connectivity index (χ1n) is 11.8. The third-order valence-electron chi connectivity index (χ3n) is 6.89. The number of benzene rings is 2. The number of nitrogens with zero attached hydrogens (tertiary/aromatic N) is 2. The molecule has 1 fully saturated rings. The van der Waals surface area contributed by atoms with Crippen LogP contribution in [0.3, 0.4) is 0 Å². The molecule has 12 heteroatoms. The van der Waals surface area contributed by atoms with E-state index in [2.05, 4.69) is 15.2 Å². The molecule has 5 rings (SSSR count). The number of piperidine rings is 1. The van der Waals surface area contributed by atoms with Gasteiger partial charge in [-0.3, -0.25) is 4.79 Å². The second-order valence-corrected chi connectivity index (χ2v) is 10.1. The van der Waals surface area contributed by atoms with Crippen molar-refractivity contribution in [3.63, 3.8) is 0 Å². The third-order valence-corrected chi connectivity index (χ3v) is 7.36. The molecule has 0 bridgehead atoms. The van der Waals surface area contributed by atoms with Crippen molar-refractivity contribution in [2.24, 2.45) is 5.92 Å². The highest BCUT2D eigenvalue weighted by atomic mass is 35.5. The summed E-state index contributed by atoms with van der Waals surface area (Å²) in [6.07, 6.45) is -2.17. The van der Waals surface area contributed by atoms with Crippen molar-refractivity contribution in [1.29, 1.82) is 0 Å². The molecule has 2 aliphatic heterocycles. The van der Waals surface area contributed by atoms with Crippen LogP contribution in [0.15, 0.2) is 42.6 Å². The van der Waals surface area contributed by atoms with Crippen LogP contribution >= 0.6 is 23.2 Å². The summed E-state index contributed by atoms with van der Waals surface area (Å²) in [6, 6.07) is 9.86. The Hall–Kier alpha value is -2.95. The second kappa shape index (κ2) is 10.1. The largest absolute Gasteiger partial charge is 0.493 e. The number of hydrogen-bond donors (Lipinski definition) is 2. The van der Waals surface area contributed by atoms with Gasteiger partial charge in [-0.25, -0.2) is 4.79 Å². The molecule has 2 aromatic carbocycles. The maximum atomic E-state index is 13.0. The number of likely N-dealkylation sites (tertiary alicyclic amines) is 1. The van der Waals surface area contributed by atoms with Gasteiger partial charge in [-0.05, 0) is 74.3 Å². The molecule has 0 aliphatic carbocycles. The monoisotopic (exact) mass is 554 g/mol. The number of hydroxylamine groups is 1. The fraction of sp³-hybridized carbons (Fsp3) is 0.360. The summed E-state index contributed by atoms with van der Waals surface area (Å²) in [5.74, 6) is -3.08. The molecule has 1 aromatic heterocycles. The number of carbonyl (C=O) groups is 2. The number of anilines is 1. The number of nitrogens with one attached hydrogen (secondary N) is 2. The minimum Gasteiger partial charge on any atom is -0.361 e. The molecule has 0 saturated carbocycles. The summed E-state index contributed by atoms with van der Waals surface area (Å²) in [4.78, 5) is 34.8. The smallest absolute Gasteiger partial charge is 0.361 e. The minimum absolute atomic E-state index is 0.0370. The van der Waals surface area contributed by atoms with Gasteiger partial charge < -0.3 is 20.0 Å². The Balaban J connectivity index is 1.28. The Morgan fingerprint density at radius 2 is 1.78 bits per heavy atom. The summed E-state index contributed by atoms with van der Waals surface area (Å²) >= 11 is 12.1. The molecule has 7 nitrogen and oxygen atoms in total. The van der Waals surface area contributed by atoms with E-state index >= 15 is 0 Å². The van der Waals surface area contributed by atoms with Crippen LogP contribution in [0.5, 0.6) is 0 Å². The molecule has 3 heterocycles. The van der Waals surface area contributed by atoms with Crippen molar-refractivity contribution in [2.45, 2.75) is 31.6 Å². The van der Waals surface area contributed by atoms with Gasteiger partial charge in [-0.15, -0.1) is 0 Å². The van der Waals surface area contributed by atoms with Crippen LogP contribution < -0.4 is 10.4 Å². The third kappa shape index (κ3) is 5.37. The van der Waals surface area contributed by atoms with Crippen LogP contribution in [0, 0.1) is 5.92 Å². The lowest BCUT2D eigenvalue weighted by atomic mass is 9.91. The molecule has 0 spiro atoms. The number of aromatic nitrogens is 1. The van der Waals surface area contributed by atoms with Crippen LogP contribution in [-0.2, 0) is 16.1 Å². The Labute approximate surface area is 220 Å². The first-order valence-corrected chi connectivity index (χ1v) is 12.5. The zero-order valence-corrected chi connectivity index (χ0v) is 21.0. The van der Waals surface area contributed by atoms with Crippen LogP contribution in [0.2, 0.25) is 10.0 Å². The van der Waals surface area contributed by atoms with E-state index in [9.17, 15) is 22.8 Å². The maximum absolute atomic E-state index is 13.0. The molecule has 1 unspecified atom stereocenters.